The van der Waals surface area contributed by atoms with Crippen molar-refractivity contribution in [2.75, 3.05) is 33.2 Å². The van der Waals surface area contributed by atoms with Gasteiger partial charge in [0.1, 0.15) is 17.2 Å². The second kappa shape index (κ2) is 12.6. The van der Waals surface area contributed by atoms with Gasteiger partial charge in [0.2, 0.25) is 0 Å². The van der Waals surface area contributed by atoms with E-state index in [4.69, 9.17) is 9.97 Å². The van der Waals surface area contributed by atoms with E-state index in [0.717, 1.165) is 101 Å². The summed E-state index contributed by atoms with van der Waals surface area (Å²) in [4.78, 5) is 21.4. The number of hydrogen-bond donors (Lipinski definition) is 3. The van der Waals surface area contributed by atoms with Crippen LogP contribution < -0.4 is 5.32 Å². The molecule has 7 heteroatoms. The van der Waals surface area contributed by atoms with Gasteiger partial charge in [0.05, 0.1) is 5.70 Å². The van der Waals surface area contributed by atoms with E-state index in [1.165, 1.54) is 0 Å². The van der Waals surface area contributed by atoms with Crippen LogP contribution in [0.2, 0.25) is 0 Å². The molecule has 0 radical (unpaired) electrons. The SMILES string of the molecule is C=C/C=C(\c1nc(-c2c[nH]c3ncc(C(/C=C(\C=C)NC(=C)CCC)=C/C)cc23)[nH]c1C)N1CCN(C)CC1. The molecule has 0 aromatic carbocycles. The Bertz CT molecular complexity index is 1440. The van der Waals surface area contributed by atoms with Gasteiger partial charge in [0.15, 0.2) is 0 Å². The molecule has 3 aromatic rings. The molecule has 3 N–H and O–H groups in total. The third-order valence-electron chi connectivity index (χ3n) is 7.08. The van der Waals surface area contributed by atoms with E-state index in [1.807, 2.05) is 31.5 Å². The van der Waals surface area contributed by atoms with Crippen molar-refractivity contribution in [1.82, 2.24) is 35.1 Å². The number of imidazole rings is 1. The van der Waals surface area contributed by atoms with Crippen molar-refractivity contribution < 1.29 is 0 Å². The molecule has 39 heavy (non-hydrogen) atoms. The molecule has 0 unspecified atom stereocenters. The van der Waals surface area contributed by atoms with Gasteiger partial charge in [-0.3, -0.25) is 0 Å². The molecule has 1 aliphatic rings. The first-order chi connectivity index (χ1) is 18.9. The number of hydrogen-bond acceptors (Lipinski definition) is 5. The minimum atomic E-state index is 0.818. The van der Waals surface area contributed by atoms with Crippen molar-refractivity contribution in [3.8, 4) is 11.4 Å². The Morgan fingerprint density at radius 3 is 2.64 bits per heavy atom. The van der Waals surface area contributed by atoms with Crippen molar-refractivity contribution >= 4 is 22.3 Å². The van der Waals surface area contributed by atoms with Crippen LogP contribution in [-0.4, -0.2) is 63.0 Å². The number of piperazine rings is 1. The van der Waals surface area contributed by atoms with Crippen molar-refractivity contribution in [2.45, 2.75) is 33.6 Å². The Hall–Kier alpha value is -4.10. The van der Waals surface area contributed by atoms with Crippen LogP contribution in [0.5, 0.6) is 0 Å². The predicted molar refractivity (Wildman–Crippen MR) is 165 cm³/mol. The van der Waals surface area contributed by atoms with Crippen LogP contribution >= 0.6 is 0 Å². The van der Waals surface area contributed by atoms with Crippen LogP contribution in [0, 0.1) is 6.92 Å². The zero-order valence-corrected chi connectivity index (χ0v) is 23.8. The molecule has 0 aliphatic carbocycles. The monoisotopic (exact) mass is 523 g/mol. The quantitative estimate of drug-likeness (QED) is 0.253. The van der Waals surface area contributed by atoms with Gasteiger partial charge < -0.3 is 25.1 Å². The summed E-state index contributed by atoms with van der Waals surface area (Å²) in [5, 5.41) is 4.39. The molecular weight excluding hydrogens is 482 g/mol. The van der Waals surface area contributed by atoms with E-state index >= 15 is 0 Å². The molecule has 0 amide bonds. The lowest BCUT2D eigenvalue weighted by molar-refractivity contribution is 0.207. The highest BCUT2D eigenvalue weighted by Crippen LogP contribution is 2.31. The average molecular weight is 524 g/mol. The second-order valence-corrected chi connectivity index (χ2v) is 9.99. The highest BCUT2D eigenvalue weighted by molar-refractivity contribution is 5.94. The van der Waals surface area contributed by atoms with Crippen molar-refractivity contribution in [2.24, 2.45) is 0 Å². The molecule has 1 fully saturated rings. The van der Waals surface area contributed by atoms with Crippen LogP contribution in [0.25, 0.3) is 33.7 Å². The molecule has 0 bridgehead atoms. The van der Waals surface area contributed by atoms with Gasteiger partial charge in [0, 0.05) is 72.2 Å². The van der Waals surface area contributed by atoms with Crippen molar-refractivity contribution in [3.05, 3.63) is 96.9 Å². The zero-order chi connectivity index (χ0) is 27.9. The molecule has 4 heterocycles. The Balaban J connectivity index is 1.69. The largest absolute Gasteiger partial charge is 0.367 e. The normalized spacial score (nSPS) is 15.6. The first-order valence-electron chi connectivity index (χ1n) is 13.6. The lowest BCUT2D eigenvalue weighted by atomic mass is 10.0. The molecule has 3 aromatic heterocycles. The summed E-state index contributed by atoms with van der Waals surface area (Å²) < 4.78 is 0. The van der Waals surface area contributed by atoms with E-state index < -0.39 is 0 Å². The molecule has 1 saturated heterocycles. The van der Waals surface area contributed by atoms with E-state index in [0.29, 0.717) is 0 Å². The van der Waals surface area contributed by atoms with Crippen LogP contribution in [-0.2, 0) is 0 Å². The number of nitrogens with one attached hydrogen (secondary N) is 3. The zero-order valence-electron chi connectivity index (χ0n) is 23.8. The Labute approximate surface area is 232 Å². The van der Waals surface area contributed by atoms with Crippen LogP contribution in [0.15, 0.2) is 80.0 Å². The minimum absolute atomic E-state index is 0.818. The fourth-order valence-electron chi connectivity index (χ4n) is 4.90. The van der Waals surface area contributed by atoms with Gasteiger partial charge in [-0.25, -0.2) is 9.97 Å². The number of H-pyrrole nitrogens is 2. The summed E-state index contributed by atoms with van der Waals surface area (Å²) in [6.45, 7) is 22.3. The smallest absolute Gasteiger partial charge is 0.140 e. The highest BCUT2D eigenvalue weighted by atomic mass is 15.3. The topological polar surface area (TPSA) is 75.9 Å². The first-order valence-corrected chi connectivity index (χ1v) is 13.6. The molecule has 4 rings (SSSR count). The number of fused-ring (bicyclic) bond motifs is 1. The molecule has 0 saturated carbocycles. The summed E-state index contributed by atoms with van der Waals surface area (Å²) in [6.07, 6.45) is 15.7. The van der Waals surface area contributed by atoms with Crippen LogP contribution in [0.1, 0.15) is 43.6 Å². The predicted octanol–water partition coefficient (Wildman–Crippen LogP) is 6.41. The van der Waals surface area contributed by atoms with E-state index in [1.54, 1.807) is 0 Å². The molecule has 0 atom stereocenters. The summed E-state index contributed by atoms with van der Waals surface area (Å²) in [5.74, 6) is 0.818. The summed E-state index contributed by atoms with van der Waals surface area (Å²) in [7, 11) is 2.16. The molecule has 204 valence electrons. The second-order valence-electron chi connectivity index (χ2n) is 9.99. The molecule has 7 nitrogen and oxygen atoms in total. The third kappa shape index (κ3) is 6.32. The Kier molecular flexibility index (Phi) is 9.04. The molecular formula is C32H41N7. The number of aryl methyl sites for hydroxylation is 1. The first kappa shape index (κ1) is 27.9. The fraction of sp³-hybridized carbons (Fsp3) is 0.312. The maximum absolute atomic E-state index is 5.09. The molecule has 0 spiro atoms. The van der Waals surface area contributed by atoms with Crippen LogP contribution in [0.4, 0.5) is 0 Å². The van der Waals surface area contributed by atoms with Crippen molar-refractivity contribution in [3.63, 3.8) is 0 Å². The van der Waals surface area contributed by atoms with Gasteiger partial charge in [-0.1, -0.05) is 45.2 Å². The third-order valence-corrected chi connectivity index (χ3v) is 7.08. The maximum Gasteiger partial charge on any atom is 0.140 e. The number of likely N-dealkylation sites (N-methyl/N-ethyl adjacent to an activating group) is 1. The lowest BCUT2D eigenvalue weighted by Gasteiger charge is -2.35. The number of pyridine rings is 1. The van der Waals surface area contributed by atoms with E-state index in [9.17, 15) is 0 Å². The maximum atomic E-state index is 5.09. The number of aromatic nitrogens is 4. The van der Waals surface area contributed by atoms with Gasteiger partial charge in [-0.15, -0.1) is 0 Å². The van der Waals surface area contributed by atoms with Gasteiger partial charge >= 0.3 is 0 Å². The standard InChI is InChI=1S/C32H41N7/c1-8-12-22(5)35-26(11-4)18-24(10-3)25-19-27-28(21-34-31(27)33-20-25)32-36-23(6)30(37-32)29(13-9-2)39-16-14-38(7)15-17-39/h9-11,13,18-21,35H,2,4-5,8,12,14-17H2,1,3,6-7H3,(H,33,34)(H,36,37)/b24-10+,26-18+,29-13+. The van der Waals surface area contributed by atoms with E-state index in [2.05, 4.69) is 90.0 Å². The highest BCUT2D eigenvalue weighted by Gasteiger charge is 2.22. The summed E-state index contributed by atoms with van der Waals surface area (Å²) >= 11 is 0. The van der Waals surface area contributed by atoms with E-state index in [-0.39, 0.29) is 0 Å². The van der Waals surface area contributed by atoms with Crippen LogP contribution in [0.3, 0.4) is 0 Å². The Morgan fingerprint density at radius 1 is 1.21 bits per heavy atom. The molecule has 1 aliphatic heterocycles. The average Bonchev–Trinajstić information content (AvgIpc) is 3.53. The lowest BCUT2D eigenvalue weighted by Crippen LogP contribution is -2.43. The summed E-state index contributed by atoms with van der Waals surface area (Å²) in [6, 6.07) is 2.17. The number of nitrogens with zero attached hydrogens (tertiary/aromatic N) is 4. The fourth-order valence-corrected chi connectivity index (χ4v) is 4.90. The number of rotatable bonds is 11. The minimum Gasteiger partial charge on any atom is -0.367 e. The van der Waals surface area contributed by atoms with Gasteiger partial charge in [0.25, 0.3) is 0 Å². The Morgan fingerprint density at radius 2 is 1.97 bits per heavy atom. The van der Waals surface area contributed by atoms with Crippen molar-refractivity contribution in [1.29, 1.82) is 0 Å². The van der Waals surface area contributed by atoms with Gasteiger partial charge in [-0.2, -0.15) is 0 Å². The number of aromatic amines is 2. The summed E-state index contributed by atoms with van der Waals surface area (Å²) in [5.41, 5.74) is 8.85. The number of allylic oxidation sites excluding steroid dienone is 7. The van der Waals surface area contributed by atoms with Gasteiger partial charge in [-0.05, 0) is 57.2 Å².